The van der Waals surface area contributed by atoms with Gasteiger partial charge in [0, 0.05) is 53.5 Å². The van der Waals surface area contributed by atoms with Crippen LogP contribution in [0.1, 0.15) is 47.4 Å². The molecule has 0 spiro atoms. The molecule has 0 bridgehead atoms. The van der Waals surface area contributed by atoms with Crippen molar-refractivity contribution in [1.82, 2.24) is 14.4 Å². The smallest absolute Gasteiger partial charge is 0.227 e. The number of carbonyl (C=O) groups excluding carboxylic acids is 2. The first-order chi connectivity index (χ1) is 13.2. The lowest BCUT2D eigenvalue weighted by molar-refractivity contribution is -0.132. The fourth-order valence-corrected chi connectivity index (χ4v) is 4.89. The Labute approximate surface area is 171 Å². The largest absolute Gasteiger partial charge is 0.343 e. The predicted molar refractivity (Wildman–Crippen MR) is 114 cm³/mol. The fraction of sp³-hybridized carbons (Fsp3) is 0.545. The van der Waals surface area contributed by atoms with E-state index >= 15 is 0 Å². The van der Waals surface area contributed by atoms with E-state index in [1.807, 2.05) is 35.4 Å². The van der Waals surface area contributed by atoms with Crippen LogP contribution in [0.5, 0.6) is 0 Å². The molecule has 0 aromatic carbocycles. The maximum absolute atomic E-state index is 12.9. The molecular weight excluding hydrogens is 370 g/mol. The molecule has 1 aliphatic heterocycles. The Morgan fingerprint density at radius 2 is 1.79 bits per heavy atom. The molecule has 0 N–H and O–H groups in total. The van der Waals surface area contributed by atoms with Gasteiger partial charge < -0.3 is 9.47 Å². The van der Waals surface area contributed by atoms with E-state index in [9.17, 15) is 9.59 Å². The van der Waals surface area contributed by atoms with E-state index < -0.39 is 0 Å². The topological polar surface area (TPSA) is 45.6 Å². The number of amides is 1. The van der Waals surface area contributed by atoms with Crippen molar-refractivity contribution in [2.75, 3.05) is 32.7 Å². The van der Waals surface area contributed by atoms with Crippen LogP contribution in [0.4, 0.5) is 0 Å². The van der Waals surface area contributed by atoms with Gasteiger partial charge in [0.25, 0.3) is 0 Å². The quantitative estimate of drug-likeness (QED) is 0.721. The predicted octanol–water partition coefficient (Wildman–Crippen LogP) is 3.49. The van der Waals surface area contributed by atoms with Crippen LogP contribution >= 0.6 is 11.3 Å². The maximum Gasteiger partial charge on any atom is 0.227 e. The van der Waals surface area contributed by atoms with E-state index in [1.165, 1.54) is 0 Å². The molecule has 2 aromatic rings. The minimum Gasteiger partial charge on any atom is -0.343 e. The van der Waals surface area contributed by atoms with Crippen LogP contribution in [0.3, 0.4) is 0 Å². The summed E-state index contributed by atoms with van der Waals surface area (Å²) in [4.78, 5) is 30.6. The molecular formula is C22H31N3O2S. The average molecular weight is 402 g/mol. The van der Waals surface area contributed by atoms with Gasteiger partial charge in [0.1, 0.15) is 0 Å². The SMILES string of the molecule is Cc1cc(C(=O)CN2CCN(C(=O)Cc3cccs3)CC2)c(C)n1C(C)(C)C. The van der Waals surface area contributed by atoms with Crippen LogP contribution in [0.15, 0.2) is 23.6 Å². The van der Waals surface area contributed by atoms with Crippen molar-refractivity contribution in [3.05, 3.63) is 45.4 Å². The Balaban J connectivity index is 1.56. The zero-order valence-electron chi connectivity index (χ0n) is 17.6. The third-order valence-corrected chi connectivity index (χ3v) is 6.28. The highest BCUT2D eigenvalue weighted by Crippen LogP contribution is 2.25. The van der Waals surface area contributed by atoms with E-state index in [0.717, 1.165) is 34.9 Å². The molecule has 1 amide bonds. The molecule has 152 valence electrons. The summed E-state index contributed by atoms with van der Waals surface area (Å²) < 4.78 is 2.24. The van der Waals surface area contributed by atoms with Gasteiger partial charge in [-0.15, -0.1) is 11.3 Å². The van der Waals surface area contributed by atoms with E-state index in [4.69, 9.17) is 0 Å². The van der Waals surface area contributed by atoms with Crippen molar-refractivity contribution >= 4 is 23.0 Å². The maximum atomic E-state index is 12.9. The summed E-state index contributed by atoms with van der Waals surface area (Å²) in [6.07, 6.45) is 0.482. The van der Waals surface area contributed by atoms with Gasteiger partial charge in [-0.05, 0) is 52.1 Å². The molecule has 0 aliphatic carbocycles. The molecule has 2 aromatic heterocycles. The Hall–Kier alpha value is -1.92. The zero-order chi connectivity index (χ0) is 20.5. The van der Waals surface area contributed by atoms with Crippen LogP contribution in [0.25, 0.3) is 0 Å². The number of thiophene rings is 1. The van der Waals surface area contributed by atoms with Gasteiger partial charge in [-0.3, -0.25) is 14.5 Å². The summed E-state index contributed by atoms with van der Waals surface area (Å²) in [5.41, 5.74) is 2.95. The third kappa shape index (κ3) is 4.55. The first-order valence-electron chi connectivity index (χ1n) is 9.92. The molecule has 1 aliphatic rings. The second-order valence-electron chi connectivity index (χ2n) is 8.63. The van der Waals surface area contributed by atoms with Crippen LogP contribution in [0, 0.1) is 13.8 Å². The third-order valence-electron chi connectivity index (χ3n) is 5.40. The van der Waals surface area contributed by atoms with Gasteiger partial charge in [-0.1, -0.05) is 6.07 Å². The molecule has 1 saturated heterocycles. The normalized spacial score (nSPS) is 15.8. The van der Waals surface area contributed by atoms with Gasteiger partial charge in [-0.25, -0.2) is 0 Å². The van der Waals surface area contributed by atoms with E-state index in [0.29, 0.717) is 26.1 Å². The van der Waals surface area contributed by atoms with Crippen molar-refractivity contribution in [2.24, 2.45) is 0 Å². The molecule has 3 rings (SSSR count). The highest BCUT2D eigenvalue weighted by Gasteiger charge is 2.26. The number of hydrogen-bond donors (Lipinski definition) is 0. The van der Waals surface area contributed by atoms with Crippen molar-refractivity contribution in [2.45, 2.75) is 46.6 Å². The molecule has 28 heavy (non-hydrogen) atoms. The van der Waals surface area contributed by atoms with Crippen LogP contribution in [-0.4, -0.2) is 58.8 Å². The molecule has 0 atom stereocenters. The minimum absolute atomic E-state index is 0.0404. The number of carbonyl (C=O) groups is 2. The lowest BCUT2D eigenvalue weighted by atomic mass is 10.1. The molecule has 6 heteroatoms. The number of Topliss-reactive ketones (excluding diaryl/α,β-unsaturated/α-hetero) is 1. The molecule has 0 saturated carbocycles. The second-order valence-corrected chi connectivity index (χ2v) is 9.66. The summed E-state index contributed by atoms with van der Waals surface area (Å²) in [6.45, 7) is 13.9. The Kier molecular flexibility index (Phi) is 6.10. The van der Waals surface area contributed by atoms with Gasteiger partial charge >= 0.3 is 0 Å². The first-order valence-corrected chi connectivity index (χ1v) is 10.8. The highest BCUT2D eigenvalue weighted by atomic mass is 32.1. The number of nitrogens with zero attached hydrogens (tertiary/aromatic N) is 3. The van der Waals surface area contributed by atoms with Crippen molar-refractivity contribution < 1.29 is 9.59 Å². The summed E-state index contributed by atoms with van der Waals surface area (Å²) in [5, 5.41) is 2.00. The van der Waals surface area contributed by atoms with E-state index in [1.54, 1.807) is 11.3 Å². The van der Waals surface area contributed by atoms with Crippen molar-refractivity contribution in [3.63, 3.8) is 0 Å². The number of piperazine rings is 1. The van der Waals surface area contributed by atoms with Crippen molar-refractivity contribution in [3.8, 4) is 0 Å². The average Bonchev–Trinajstić information content (AvgIpc) is 3.22. The Morgan fingerprint density at radius 3 is 2.32 bits per heavy atom. The lowest BCUT2D eigenvalue weighted by Crippen LogP contribution is -2.50. The number of rotatable bonds is 5. The Morgan fingerprint density at radius 1 is 1.11 bits per heavy atom. The van der Waals surface area contributed by atoms with Gasteiger partial charge in [0.05, 0.1) is 13.0 Å². The summed E-state index contributed by atoms with van der Waals surface area (Å²) >= 11 is 1.62. The fourth-order valence-electron chi connectivity index (χ4n) is 4.19. The summed E-state index contributed by atoms with van der Waals surface area (Å²) in [6, 6.07) is 6.00. The van der Waals surface area contributed by atoms with Crippen LogP contribution in [-0.2, 0) is 16.8 Å². The van der Waals surface area contributed by atoms with Crippen molar-refractivity contribution in [1.29, 1.82) is 0 Å². The molecule has 5 nitrogen and oxygen atoms in total. The summed E-state index contributed by atoms with van der Waals surface area (Å²) in [5.74, 6) is 0.351. The van der Waals surface area contributed by atoms with Gasteiger partial charge in [0.15, 0.2) is 5.78 Å². The monoisotopic (exact) mass is 401 g/mol. The van der Waals surface area contributed by atoms with Gasteiger partial charge in [0.2, 0.25) is 5.91 Å². The van der Waals surface area contributed by atoms with E-state index in [-0.39, 0.29) is 17.2 Å². The van der Waals surface area contributed by atoms with Crippen LogP contribution in [0.2, 0.25) is 0 Å². The van der Waals surface area contributed by atoms with Crippen LogP contribution < -0.4 is 0 Å². The standard InChI is InChI=1S/C22H31N3O2S/c1-16-13-19(17(2)25(16)22(3,4)5)20(26)15-23-8-10-24(11-9-23)21(27)14-18-7-6-12-28-18/h6-7,12-13H,8-11,14-15H2,1-5H3. The molecule has 1 fully saturated rings. The number of aromatic nitrogens is 1. The number of hydrogen-bond acceptors (Lipinski definition) is 4. The molecule has 0 unspecified atom stereocenters. The molecule has 3 heterocycles. The minimum atomic E-state index is -0.0404. The number of ketones is 1. The zero-order valence-corrected chi connectivity index (χ0v) is 18.4. The van der Waals surface area contributed by atoms with E-state index in [2.05, 4.69) is 37.2 Å². The first kappa shape index (κ1) is 20.8. The molecule has 0 radical (unpaired) electrons. The summed E-state index contributed by atoms with van der Waals surface area (Å²) in [7, 11) is 0. The van der Waals surface area contributed by atoms with Gasteiger partial charge in [-0.2, -0.15) is 0 Å². The highest BCUT2D eigenvalue weighted by molar-refractivity contribution is 7.10. The Bertz CT molecular complexity index is 838. The second kappa shape index (κ2) is 8.21. The lowest BCUT2D eigenvalue weighted by Gasteiger charge is -2.34. The number of aryl methyl sites for hydroxylation is 1.